The molecule has 0 bridgehead atoms. The number of halogens is 1. The zero-order valence-corrected chi connectivity index (χ0v) is 11.7. The maximum Gasteiger partial charge on any atom is 0.172 e. The summed E-state index contributed by atoms with van der Waals surface area (Å²) in [7, 11) is 0. The number of benzene rings is 1. The third kappa shape index (κ3) is 2.41. The Morgan fingerprint density at radius 3 is 2.62 bits per heavy atom. The summed E-state index contributed by atoms with van der Waals surface area (Å²) in [6.45, 7) is -0.0229. The molecule has 1 aromatic carbocycles. The van der Waals surface area contributed by atoms with Gasteiger partial charge in [-0.05, 0) is 53.1 Å². The molecular weight excluding hydrogens is 335 g/mol. The van der Waals surface area contributed by atoms with Crippen molar-refractivity contribution in [1.29, 1.82) is 0 Å². The van der Waals surface area contributed by atoms with Crippen LogP contribution in [-0.4, -0.2) is 20.9 Å². The van der Waals surface area contributed by atoms with Crippen molar-refractivity contribution in [3.05, 3.63) is 39.7 Å². The van der Waals surface area contributed by atoms with Gasteiger partial charge in [0.1, 0.15) is 0 Å². The van der Waals surface area contributed by atoms with Gasteiger partial charge in [-0.25, -0.2) is 4.98 Å². The molecular formula is C11H11IN2OS. The second kappa shape index (κ2) is 5.20. The fourth-order valence-corrected chi connectivity index (χ4v) is 2.34. The van der Waals surface area contributed by atoms with Crippen LogP contribution in [0.4, 0.5) is 0 Å². The van der Waals surface area contributed by atoms with Gasteiger partial charge in [-0.15, -0.1) is 0 Å². The van der Waals surface area contributed by atoms with Gasteiger partial charge in [0.05, 0.1) is 12.3 Å². The van der Waals surface area contributed by atoms with Crippen molar-refractivity contribution in [3.8, 4) is 5.69 Å². The van der Waals surface area contributed by atoms with E-state index in [2.05, 4.69) is 39.7 Å². The van der Waals surface area contributed by atoms with E-state index in [-0.39, 0.29) is 6.61 Å². The average Bonchev–Trinajstić information content (AvgIpc) is 2.73. The first-order chi connectivity index (χ1) is 7.74. The lowest BCUT2D eigenvalue weighted by atomic mass is 10.3. The Morgan fingerprint density at radius 1 is 1.38 bits per heavy atom. The number of nitrogens with zero attached hydrogens (tertiary/aromatic N) is 2. The van der Waals surface area contributed by atoms with Crippen molar-refractivity contribution < 1.29 is 5.11 Å². The van der Waals surface area contributed by atoms with Crippen LogP contribution in [0, 0.1) is 3.57 Å². The summed E-state index contributed by atoms with van der Waals surface area (Å²) < 4.78 is 3.20. The van der Waals surface area contributed by atoms with Gasteiger partial charge in [-0.3, -0.25) is 4.57 Å². The molecule has 1 N–H and O–H groups in total. The lowest BCUT2D eigenvalue weighted by Gasteiger charge is -2.05. The predicted molar refractivity (Wildman–Crippen MR) is 74.0 cm³/mol. The van der Waals surface area contributed by atoms with Crippen LogP contribution in [0.5, 0.6) is 0 Å². The van der Waals surface area contributed by atoms with E-state index in [0.29, 0.717) is 5.69 Å². The fraction of sp³-hybridized carbons (Fsp3) is 0.182. The molecule has 0 aliphatic heterocycles. The highest BCUT2D eigenvalue weighted by atomic mass is 127. The Kier molecular flexibility index (Phi) is 3.88. The van der Waals surface area contributed by atoms with Crippen LogP contribution in [0.3, 0.4) is 0 Å². The average molecular weight is 346 g/mol. The number of hydrogen-bond donors (Lipinski definition) is 1. The van der Waals surface area contributed by atoms with E-state index in [4.69, 9.17) is 5.11 Å². The number of aliphatic hydroxyl groups is 1. The minimum Gasteiger partial charge on any atom is -0.390 e. The predicted octanol–water partition coefficient (Wildman–Crippen LogP) is 2.69. The van der Waals surface area contributed by atoms with Crippen LogP contribution < -0.4 is 0 Å². The molecule has 1 heterocycles. The largest absolute Gasteiger partial charge is 0.390 e. The molecule has 0 unspecified atom stereocenters. The fourth-order valence-electron chi connectivity index (χ4n) is 1.42. The zero-order chi connectivity index (χ0) is 11.5. The molecule has 0 spiro atoms. The highest BCUT2D eigenvalue weighted by Crippen LogP contribution is 2.20. The molecule has 2 aromatic rings. The number of hydrogen-bond acceptors (Lipinski definition) is 3. The van der Waals surface area contributed by atoms with Gasteiger partial charge >= 0.3 is 0 Å². The lowest BCUT2D eigenvalue weighted by Crippen LogP contribution is -1.93. The second-order valence-electron chi connectivity index (χ2n) is 3.22. The number of aromatic nitrogens is 2. The van der Waals surface area contributed by atoms with Crippen molar-refractivity contribution >= 4 is 34.4 Å². The van der Waals surface area contributed by atoms with Crippen LogP contribution in [0.1, 0.15) is 5.69 Å². The van der Waals surface area contributed by atoms with Crippen molar-refractivity contribution in [1.82, 2.24) is 9.55 Å². The van der Waals surface area contributed by atoms with Crippen LogP contribution >= 0.6 is 34.4 Å². The third-order valence-corrected chi connectivity index (χ3v) is 3.55. The zero-order valence-electron chi connectivity index (χ0n) is 8.72. The van der Waals surface area contributed by atoms with Gasteiger partial charge in [0.25, 0.3) is 0 Å². The summed E-state index contributed by atoms with van der Waals surface area (Å²) >= 11 is 3.85. The molecule has 0 fully saturated rings. The van der Waals surface area contributed by atoms with Crippen LogP contribution in [0.15, 0.2) is 35.6 Å². The van der Waals surface area contributed by atoms with Gasteiger partial charge in [-0.1, -0.05) is 11.8 Å². The summed E-state index contributed by atoms with van der Waals surface area (Å²) in [5.74, 6) is 0. The maximum absolute atomic E-state index is 9.08. The Bertz CT molecular complexity index is 481. The minimum atomic E-state index is -0.0229. The first kappa shape index (κ1) is 11.9. The van der Waals surface area contributed by atoms with Crippen LogP contribution in [0.25, 0.3) is 5.69 Å². The normalized spacial score (nSPS) is 10.7. The minimum absolute atomic E-state index is 0.0229. The smallest absolute Gasteiger partial charge is 0.172 e. The molecule has 2 rings (SSSR count). The van der Waals surface area contributed by atoms with E-state index in [1.165, 1.54) is 3.57 Å². The van der Waals surface area contributed by atoms with Crippen LogP contribution in [0.2, 0.25) is 0 Å². The maximum atomic E-state index is 9.08. The Labute approximate surface area is 112 Å². The molecule has 5 heteroatoms. The summed E-state index contributed by atoms with van der Waals surface area (Å²) in [4.78, 5) is 4.32. The summed E-state index contributed by atoms with van der Waals surface area (Å²) in [6.07, 6.45) is 3.85. The molecule has 16 heavy (non-hydrogen) atoms. The van der Waals surface area contributed by atoms with Crippen molar-refractivity contribution in [3.63, 3.8) is 0 Å². The van der Waals surface area contributed by atoms with Gasteiger partial charge in [0.2, 0.25) is 0 Å². The van der Waals surface area contributed by atoms with E-state index in [9.17, 15) is 0 Å². The number of aliphatic hydroxyl groups excluding tert-OH is 1. The SMILES string of the molecule is CSc1nc(CO)cn1-c1ccc(I)cc1. The van der Waals surface area contributed by atoms with Crippen molar-refractivity contribution in [2.75, 3.05) is 6.26 Å². The first-order valence-corrected chi connectivity index (χ1v) is 7.04. The molecule has 84 valence electrons. The quantitative estimate of drug-likeness (QED) is 0.686. The summed E-state index contributed by atoms with van der Waals surface area (Å²) in [5, 5.41) is 9.97. The van der Waals surface area contributed by atoms with Gasteiger partial charge in [-0.2, -0.15) is 0 Å². The molecule has 3 nitrogen and oxygen atoms in total. The molecule has 0 aliphatic carbocycles. The molecule has 0 radical (unpaired) electrons. The molecule has 0 saturated heterocycles. The van der Waals surface area contributed by atoms with Gasteiger partial charge in [0.15, 0.2) is 5.16 Å². The van der Waals surface area contributed by atoms with Crippen molar-refractivity contribution in [2.45, 2.75) is 11.8 Å². The summed E-state index contributed by atoms with van der Waals surface area (Å²) in [6, 6.07) is 8.20. The van der Waals surface area contributed by atoms with E-state index >= 15 is 0 Å². The van der Waals surface area contributed by atoms with E-state index < -0.39 is 0 Å². The second-order valence-corrected chi connectivity index (χ2v) is 5.24. The molecule has 0 aliphatic rings. The Hall–Kier alpha value is -0.530. The molecule has 1 aromatic heterocycles. The monoisotopic (exact) mass is 346 g/mol. The highest BCUT2D eigenvalue weighted by molar-refractivity contribution is 14.1. The number of rotatable bonds is 3. The van der Waals surface area contributed by atoms with Gasteiger partial charge in [0, 0.05) is 15.5 Å². The van der Waals surface area contributed by atoms with Crippen LogP contribution in [-0.2, 0) is 6.61 Å². The molecule has 0 saturated carbocycles. The van der Waals surface area contributed by atoms with E-state index in [1.54, 1.807) is 11.8 Å². The topological polar surface area (TPSA) is 38.1 Å². The lowest BCUT2D eigenvalue weighted by molar-refractivity contribution is 0.277. The third-order valence-electron chi connectivity index (χ3n) is 2.17. The number of imidazole rings is 1. The number of thioether (sulfide) groups is 1. The first-order valence-electron chi connectivity index (χ1n) is 4.73. The molecule has 0 amide bonds. The van der Waals surface area contributed by atoms with Crippen molar-refractivity contribution in [2.24, 2.45) is 0 Å². The standard InChI is InChI=1S/C11H11IN2OS/c1-16-11-13-9(7-15)6-14(11)10-4-2-8(12)3-5-10/h2-6,15H,7H2,1H3. The Balaban J connectivity index is 2.45. The van der Waals surface area contributed by atoms with E-state index in [0.717, 1.165) is 10.8 Å². The van der Waals surface area contributed by atoms with Gasteiger partial charge < -0.3 is 5.11 Å². The Morgan fingerprint density at radius 2 is 2.06 bits per heavy atom. The highest BCUT2D eigenvalue weighted by Gasteiger charge is 2.07. The van der Waals surface area contributed by atoms with E-state index in [1.807, 2.05) is 29.2 Å². The summed E-state index contributed by atoms with van der Waals surface area (Å²) in [5.41, 5.74) is 1.76. The molecule has 0 atom stereocenters.